The van der Waals surface area contributed by atoms with Crippen molar-refractivity contribution in [1.29, 1.82) is 0 Å². The van der Waals surface area contributed by atoms with Crippen LogP contribution in [0, 0.1) is 6.92 Å². The van der Waals surface area contributed by atoms with Crippen molar-refractivity contribution < 1.29 is 4.79 Å². The minimum Gasteiger partial charge on any atom is -0.335 e. The third kappa shape index (κ3) is 3.47. The van der Waals surface area contributed by atoms with Crippen molar-refractivity contribution >= 4 is 17.5 Å². The van der Waals surface area contributed by atoms with Crippen molar-refractivity contribution in [3.05, 3.63) is 52.3 Å². The van der Waals surface area contributed by atoms with E-state index in [0.717, 1.165) is 36.9 Å². The summed E-state index contributed by atoms with van der Waals surface area (Å²) in [6, 6.07) is 10.2. The molecule has 3 rings (SSSR count). The minimum absolute atomic E-state index is 0.0255. The fourth-order valence-electron chi connectivity index (χ4n) is 3.09. The van der Waals surface area contributed by atoms with Gasteiger partial charge in [0.2, 0.25) is 0 Å². The number of aryl methyl sites for hydroxylation is 2. The average molecular weight is 347 g/mol. The van der Waals surface area contributed by atoms with Gasteiger partial charge in [0.05, 0.1) is 0 Å². The summed E-state index contributed by atoms with van der Waals surface area (Å²) in [4.78, 5) is 16.9. The lowest BCUT2D eigenvalue weighted by atomic mass is 10.1. The standard InChI is InChI=1S/C18H23ClN4O/c1-13-12-17(20-21(13)3)18(24)23-10-8-22(9-11-23)14(2)15-4-6-16(19)7-5-15/h4-7,12,14H,8-11H2,1-3H3/t14-/m1/s1. The Labute approximate surface area is 147 Å². The molecule has 0 bridgehead atoms. The van der Waals surface area contributed by atoms with Crippen molar-refractivity contribution in [1.82, 2.24) is 19.6 Å². The zero-order chi connectivity index (χ0) is 17.3. The van der Waals surface area contributed by atoms with Gasteiger partial charge in [-0.3, -0.25) is 14.4 Å². The van der Waals surface area contributed by atoms with E-state index >= 15 is 0 Å². The first-order chi connectivity index (χ1) is 11.5. The third-order valence-corrected chi connectivity index (χ3v) is 5.09. The number of nitrogens with zero attached hydrogens (tertiary/aromatic N) is 4. The lowest BCUT2D eigenvalue weighted by Crippen LogP contribution is -2.49. The Morgan fingerprint density at radius 3 is 2.33 bits per heavy atom. The Balaban J connectivity index is 1.61. The van der Waals surface area contributed by atoms with Crippen molar-refractivity contribution in [2.75, 3.05) is 26.2 Å². The molecule has 6 heteroatoms. The molecule has 2 heterocycles. The van der Waals surface area contributed by atoms with Gasteiger partial charge in [-0.2, -0.15) is 5.10 Å². The Morgan fingerprint density at radius 1 is 1.17 bits per heavy atom. The maximum absolute atomic E-state index is 12.6. The number of piperazine rings is 1. The topological polar surface area (TPSA) is 41.4 Å². The Hall–Kier alpha value is -1.85. The first kappa shape index (κ1) is 17.0. The van der Waals surface area contributed by atoms with E-state index in [1.54, 1.807) is 4.68 Å². The second-order valence-electron chi connectivity index (χ2n) is 6.35. The third-order valence-electron chi connectivity index (χ3n) is 4.83. The zero-order valence-electron chi connectivity index (χ0n) is 14.4. The van der Waals surface area contributed by atoms with E-state index in [0.29, 0.717) is 11.7 Å². The highest BCUT2D eigenvalue weighted by atomic mass is 35.5. The van der Waals surface area contributed by atoms with Crippen LogP contribution in [0.25, 0.3) is 0 Å². The molecule has 5 nitrogen and oxygen atoms in total. The number of benzene rings is 1. The second-order valence-corrected chi connectivity index (χ2v) is 6.79. The summed E-state index contributed by atoms with van der Waals surface area (Å²) in [5.41, 5.74) is 2.78. The van der Waals surface area contributed by atoms with E-state index in [4.69, 9.17) is 11.6 Å². The highest BCUT2D eigenvalue weighted by Crippen LogP contribution is 2.23. The van der Waals surface area contributed by atoms with E-state index < -0.39 is 0 Å². The first-order valence-electron chi connectivity index (χ1n) is 8.25. The van der Waals surface area contributed by atoms with Crippen LogP contribution in [0.15, 0.2) is 30.3 Å². The molecule has 1 atom stereocenters. The summed E-state index contributed by atoms with van der Waals surface area (Å²) in [5.74, 6) is 0.0255. The van der Waals surface area contributed by atoms with Crippen LogP contribution >= 0.6 is 11.6 Å². The van der Waals surface area contributed by atoms with Crippen LogP contribution in [0.2, 0.25) is 5.02 Å². The summed E-state index contributed by atoms with van der Waals surface area (Å²) >= 11 is 5.96. The first-order valence-corrected chi connectivity index (χ1v) is 8.63. The van der Waals surface area contributed by atoms with Gasteiger partial charge in [0.1, 0.15) is 0 Å². The Bertz CT molecular complexity index is 698. The molecular formula is C18H23ClN4O. The van der Waals surface area contributed by atoms with Gasteiger partial charge in [-0.05, 0) is 37.6 Å². The molecule has 0 spiro atoms. The summed E-state index contributed by atoms with van der Waals surface area (Å²) in [5, 5.41) is 5.05. The van der Waals surface area contributed by atoms with E-state index in [2.05, 4.69) is 29.1 Å². The molecule has 128 valence electrons. The molecule has 0 radical (unpaired) electrons. The molecule has 1 aliphatic rings. The number of carbonyl (C=O) groups excluding carboxylic acids is 1. The molecule has 1 aromatic carbocycles. The quantitative estimate of drug-likeness (QED) is 0.858. The van der Waals surface area contributed by atoms with Crippen LogP contribution in [-0.4, -0.2) is 51.7 Å². The summed E-state index contributed by atoms with van der Waals surface area (Å²) < 4.78 is 1.74. The molecule has 1 amide bonds. The number of hydrogen-bond donors (Lipinski definition) is 0. The number of carbonyl (C=O) groups is 1. The molecule has 0 unspecified atom stereocenters. The predicted octanol–water partition coefficient (Wildman–Crippen LogP) is 2.90. The number of hydrogen-bond acceptors (Lipinski definition) is 3. The Morgan fingerprint density at radius 2 is 1.79 bits per heavy atom. The fourth-order valence-corrected chi connectivity index (χ4v) is 3.22. The highest BCUT2D eigenvalue weighted by molar-refractivity contribution is 6.30. The largest absolute Gasteiger partial charge is 0.335 e. The highest BCUT2D eigenvalue weighted by Gasteiger charge is 2.26. The minimum atomic E-state index is 0.0255. The van der Waals surface area contributed by atoms with Crippen molar-refractivity contribution in [2.45, 2.75) is 19.9 Å². The Kier molecular flexibility index (Phi) is 4.92. The SMILES string of the molecule is Cc1cc(C(=O)N2CCN([C@H](C)c3ccc(Cl)cc3)CC2)nn1C. The molecule has 1 aliphatic heterocycles. The van der Waals surface area contributed by atoms with Crippen LogP contribution in [0.1, 0.15) is 34.7 Å². The smallest absolute Gasteiger partial charge is 0.274 e. The molecule has 24 heavy (non-hydrogen) atoms. The van der Waals surface area contributed by atoms with Gasteiger partial charge in [-0.15, -0.1) is 0 Å². The van der Waals surface area contributed by atoms with E-state index in [1.807, 2.05) is 37.1 Å². The molecule has 2 aromatic rings. The molecule has 1 saturated heterocycles. The van der Waals surface area contributed by atoms with Gasteiger partial charge < -0.3 is 4.90 Å². The van der Waals surface area contributed by atoms with E-state index in [1.165, 1.54) is 5.56 Å². The lowest BCUT2D eigenvalue weighted by Gasteiger charge is -2.38. The summed E-state index contributed by atoms with van der Waals surface area (Å²) in [6.45, 7) is 7.33. The maximum Gasteiger partial charge on any atom is 0.274 e. The number of aromatic nitrogens is 2. The zero-order valence-corrected chi connectivity index (χ0v) is 15.1. The average Bonchev–Trinajstić information content (AvgIpc) is 2.93. The van der Waals surface area contributed by atoms with Gasteiger partial charge in [-0.25, -0.2) is 0 Å². The predicted molar refractivity (Wildman–Crippen MR) is 95.3 cm³/mol. The fraction of sp³-hybridized carbons (Fsp3) is 0.444. The van der Waals surface area contributed by atoms with Crippen LogP contribution in [0.5, 0.6) is 0 Å². The molecule has 0 N–H and O–H groups in total. The van der Waals surface area contributed by atoms with Crippen LogP contribution in [0.3, 0.4) is 0 Å². The number of amides is 1. The van der Waals surface area contributed by atoms with Gasteiger partial charge in [0.15, 0.2) is 5.69 Å². The van der Waals surface area contributed by atoms with Gasteiger partial charge in [0.25, 0.3) is 5.91 Å². The van der Waals surface area contributed by atoms with Gasteiger partial charge in [0, 0.05) is 50.0 Å². The van der Waals surface area contributed by atoms with Crippen molar-refractivity contribution in [3.63, 3.8) is 0 Å². The van der Waals surface area contributed by atoms with Gasteiger partial charge >= 0.3 is 0 Å². The lowest BCUT2D eigenvalue weighted by molar-refractivity contribution is 0.0576. The molecule has 1 aromatic heterocycles. The number of halogens is 1. The molecule has 0 saturated carbocycles. The van der Waals surface area contributed by atoms with E-state index in [-0.39, 0.29) is 5.91 Å². The van der Waals surface area contributed by atoms with E-state index in [9.17, 15) is 4.79 Å². The second kappa shape index (κ2) is 6.95. The van der Waals surface area contributed by atoms with Crippen LogP contribution in [-0.2, 0) is 7.05 Å². The van der Waals surface area contributed by atoms with Crippen LogP contribution < -0.4 is 0 Å². The summed E-state index contributed by atoms with van der Waals surface area (Å²) in [6.07, 6.45) is 0. The van der Waals surface area contributed by atoms with Crippen molar-refractivity contribution in [2.24, 2.45) is 7.05 Å². The molecule has 0 aliphatic carbocycles. The van der Waals surface area contributed by atoms with Crippen molar-refractivity contribution in [3.8, 4) is 0 Å². The maximum atomic E-state index is 12.6. The normalized spacial score (nSPS) is 17.1. The molecular weight excluding hydrogens is 324 g/mol. The monoisotopic (exact) mass is 346 g/mol. The number of rotatable bonds is 3. The van der Waals surface area contributed by atoms with Crippen LogP contribution in [0.4, 0.5) is 0 Å². The summed E-state index contributed by atoms with van der Waals surface area (Å²) in [7, 11) is 1.86. The molecule has 1 fully saturated rings. The van der Waals surface area contributed by atoms with Gasteiger partial charge in [-0.1, -0.05) is 23.7 Å².